The molecule has 1 aromatic heterocycles. The molecule has 0 saturated carbocycles. The van der Waals surface area contributed by atoms with Crippen molar-refractivity contribution in [3.8, 4) is 11.5 Å². The third-order valence-corrected chi connectivity index (χ3v) is 2.75. The molecule has 1 aromatic carbocycles. The summed E-state index contributed by atoms with van der Waals surface area (Å²) in [6.45, 7) is 0.542. The maximum atomic E-state index is 12.7. The Hall–Kier alpha value is -2.09. The number of aromatic nitrogens is 2. The number of hydrogen-bond acceptors (Lipinski definition) is 5. The van der Waals surface area contributed by atoms with Crippen molar-refractivity contribution in [3.05, 3.63) is 29.6 Å². The molecule has 114 valence electrons. The molecular weight excluding hydrogens is 287 g/mol. The second-order valence-corrected chi connectivity index (χ2v) is 4.45. The average Bonchev–Trinajstić information content (AvgIpc) is 2.86. The van der Waals surface area contributed by atoms with Gasteiger partial charge in [-0.15, -0.1) is 0 Å². The molecule has 0 aliphatic heterocycles. The molecular formula is C13H14F3N3O2. The van der Waals surface area contributed by atoms with Crippen LogP contribution in [0.2, 0.25) is 0 Å². The topological polar surface area (TPSA) is 74.2 Å². The highest BCUT2D eigenvalue weighted by molar-refractivity contribution is 5.62. The fourth-order valence-electron chi connectivity index (χ4n) is 1.79. The van der Waals surface area contributed by atoms with E-state index in [9.17, 15) is 13.2 Å². The zero-order chi connectivity index (χ0) is 15.5. The zero-order valence-electron chi connectivity index (χ0n) is 11.3. The summed E-state index contributed by atoms with van der Waals surface area (Å²) in [5.41, 5.74) is 4.77. The van der Waals surface area contributed by atoms with E-state index in [1.807, 2.05) is 0 Å². The molecule has 2 N–H and O–H groups in total. The smallest absolute Gasteiger partial charge is 0.399 e. The lowest BCUT2D eigenvalue weighted by atomic mass is 10.1. The number of hydrogen-bond donors (Lipinski definition) is 1. The molecule has 0 fully saturated rings. The first-order chi connectivity index (χ1) is 9.90. The summed E-state index contributed by atoms with van der Waals surface area (Å²) in [5.74, 6) is 0.429. The molecule has 0 unspecified atom stereocenters. The first-order valence-corrected chi connectivity index (χ1v) is 6.20. The summed E-state index contributed by atoms with van der Waals surface area (Å²) in [6, 6.07) is 3.16. The molecule has 5 nitrogen and oxygen atoms in total. The summed E-state index contributed by atoms with van der Waals surface area (Å²) < 4.78 is 48.1. The van der Waals surface area contributed by atoms with Gasteiger partial charge in [0.2, 0.25) is 0 Å². The van der Waals surface area contributed by atoms with E-state index in [4.69, 9.17) is 15.0 Å². The van der Waals surface area contributed by atoms with Gasteiger partial charge in [0.05, 0.1) is 5.56 Å². The average molecular weight is 301 g/mol. The number of ether oxygens (including phenoxy) is 1. The Balaban J connectivity index is 2.24. The van der Waals surface area contributed by atoms with E-state index in [1.54, 1.807) is 7.11 Å². The van der Waals surface area contributed by atoms with Crippen LogP contribution in [0.25, 0.3) is 11.5 Å². The van der Waals surface area contributed by atoms with Crippen molar-refractivity contribution in [1.29, 1.82) is 0 Å². The number of rotatable bonds is 5. The standard InChI is InChI=1S/C13H14F3N3O2/c1-20-4-2-3-11-18-12(21-19-11)8-5-9(13(14,15)16)7-10(17)6-8/h5-7H,2-4,17H2,1H3. The van der Waals surface area contributed by atoms with Crippen molar-refractivity contribution >= 4 is 5.69 Å². The van der Waals surface area contributed by atoms with Gasteiger partial charge < -0.3 is 15.0 Å². The molecule has 21 heavy (non-hydrogen) atoms. The number of anilines is 1. The molecule has 0 atom stereocenters. The Labute approximate surface area is 118 Å². The third-order valence-electron chi connectivity index (χ3n) is 2.75. The first kappa shape index (κ1) is 15.3. The molecule has 8 heteroatoms. The Morgan fingerprint density at radius 1 is 1.29 bits per heavy atom. The fourth-order valence-corrected chi connectivity index (χ4v) is 1.79. The number of nitrogens with two attached hydrogens (primary N) is 1. The predicted octanol–water partition coefficient (Wildman–Crippen LogP) is 2.92. The Bertz CT molecular complexity index is 611. The lowest BCUT2D eigenvalue weighted by Crippen LogP contribution is -2.06. The molecule has 0 spiro atoms. The first-order valence-electron chi connectivity index (χ1n) is 6.20. The second kappa shape index (κ2) is 6.13. The van der Waals surface area contributed by atoms with Crippen LogP contribution in [0, 0.1) is 0 Å². The van der Waals surface area contributed by atoms with Crippen molar-refractivity contribution in [1.82, 2.24) is 10.1 Å². The van der Waals surface area contributed by atoms with Crippen molar-refractivity contribution in [2.75, 3.05) is 19.5 Å². The van der Waals surface area contributed by atoms with Crippen LogP contribution in [0.4, 0.5) is 18.9 Å². The molecule has 0 bridgehead atoms. The van der Waals surface area contributed by atoms with Gasteiger partial charge in [0, 0.05) is 31.4 Å². The summed E-state index contributed by atoms with van der Waals surface area (Å²) in [7, 11) is 1.58. The van der Waals surface area contributed by atoms with Gasteiger partial charge in [-0.3, -0.25) is 0 Å². The van der Waals surface area contributed by atoms with E-state index in [1.165, 1.54) is 6.07 Å². The van der Waals surface area contributed by atoms with Gasteiger partial charge in [-0.1, -0.05) is 5.16 Å². The van der Waals surface area contributed by atoms with Gasteiger partial charge in [0.1, 0.15) is 0 Å². The Morgan fingerprint density at radius 2 is 2.05 bits per heavy atom. The van der Waals surface area contributed by atoms with Gasteiger partial charge in [-0.05, 0) is 24.6 Å². The maximum absolute atomic E-state index is 12.7. The normalized spacial score (nSPS) is 11.8. The molecule has 2 rings (SSSR count). The minimum Gasteiger partial charge on any atom is -0.399 e. The van der Waals surface area contributed by atoms with Crippen molar-refractivity contribution < 1.29 is 22.4 Å². The molecule has 0 radical (unpaired) electrons. The number of halogens is 3. The second-order valence-electron chi connectivity index (χ2n) is 4.45. The highest BCUT2D eigenvalue weighted by Gasteiger charge is 2.31. The fraction of sp³-hybridized carbons (Fsp3) is 0.385. The Morgan fingerprint density at radius 3 is 2.71 bits per heavy atom. The van der Waals surface area contributed by atoms with Crippen LogP contribution in [0.5, 0.6) is 0 Å². The minimum atomic E-state index is -4.48. The highest BCUT2D eigenvalue weighted by atomic mass is 19.4. The number of alkyl halides is 3. The number of methoxy groups -OCH3 is 1. The molecule has 2 aromatic rings. The summed E-state index contributed by atoms with van der Waals surface area (Å²) in [6.07, 6.45) is -3.27. The largest absolute Gasteiger partial charge is 0.416 e. The van der Waals surface area contributed by atoms with E-state index in [2.05, 4.69) is 10.1 Å². The molecule has 0 aliphatic carbocycles. The monoisotopic (exact) mass is 301 g/mol. The maximum Gasteiger partial charge on any atom is 0.416 e. The van der Waals surface area contributed by atoms with Crippen LogP contribution >= 0.6 is 0 Å². The van der Waals surface area contributed by atoms with Gasteiger partial charge in [0.25, 0.3) is 5.89 Å². The van der Waals surface area contributed by atoms with Gasteiger partial charge >= 0.3 is 6.18 Å². The lowest BCUT2D eigenvalue weighted by molar-refractivity contribution is -0.137. The predicted molar refractivity (Wildman–Crippen MR) is 69.3 cm³/mol. The SMILES string of the molecule is COCCCc1noc(-c2cc(N)cc(C(F)(F)F)c2)n1. The third kappa shape index (κ3) is 3.94. The van der Waals surface area contributed by atoms with E-state index < -0.39 is 11.7 Å². The number of nitrogens with zero attached hydrogens (tertiary/aromatic N) is 2. The van der Waals surface area contributed by atoms with Crippen molar-refractivity contribution in [2.45, 2.75) is 19.0 Å². The highest BCUT2D eigenvalue weighted by Crippen LogP contribution is 2.33. The molecule has 0 saturated heterocycles. The van der Waals surface area contributed by atoms with E-state index in [-0.39, 0.29) is 17.1 Å². The van der Waals surface area contributed by atoms with Crippen LogP contribution in [-0.4, -0.2) is 23.9 Å². The van der Waals surface area contributed by atoms with Gasteiger partial charge in [-0.2, -0.15) is 18.2 Å². The summed E-state index contributed by atoms with van der Waals surface area (Å²) >= 11 is 0. The van der Waals surface area contributed by atoms with E-state index >= 15 is 0 Å². The van der Waals surface area contributed by atoms with Crippen molar-refractivity contribution in [3.63, 3.8) is 0 Å². The quantitative estimate of drug-likeness (QED) is 0.679. The van der Waals surface area contributed by atoms with Crippen molar-refractivity contribution in [2.24, 2.45) is 0 Å². The van der Waals surface area contributed by atoms with Crippen LogP contribution < -0.4 is 5.73 Å². The minimum absolute atomic E-state index is 0.0141. The molecule has 0 amide bonds. The summed E-state index contributed by atoms with van der Waals surface area (Å²) in [4.78, 5) is 4.06. The van der Waals surface area contributed by atoms with Gasteiger partial charge in [-0.25, -0.2) is 0 Å². The number of aryl methyl sites for hydroxylation is 1. The Kier molecular flexibility index (Phi) is 4.46. The summed E-state index contributed by atoms with van der Waals surface area (Å²) in [5, 5.41) is 3.72. The number of benzene rings is 1. The van der Waals surface area contributed by atoms with E-state index in [0.29, 0.717) is 25.3 Å². The van der Waals surface area contributed by atoms with Crippen LogP contribution in [0.1, 0.15) is 17.8 Å². The van der Waals surface area contributed by atoms with Crippen LogP contribution in [-0.2, 0) is 17.3 Å². The zero-order valence-corrected chi connectivity index (χ0v) is 11.3. The molecule has 0 aliphatic rings. The van der Waals surface area contributed by atoms with Crippen LogP contribution in [0.3, 0.4) is 0 Å². The van der Waals surface area contributed by atoms with Gasteiger partial charge in [0.15, 0.2) is 5.82 Å². The number of nitrogen functional groups attached to an aromatic ring is 1. The van der Waals surface area contributed by atoms with E-state index in [0.717, 1.165) is 12.1 Å². The molecule has 1 heterocycles. The lowest BCUT2D eigenvalue weighted by Gasteiger charge is -2.08. The van der Waals surface area contributed by atoms with Crippen LogP contribution in [0.15, 0.2) is 22.7 Å².